The third-order valence-corrected chi connectivity index (χ3v) is 9.14. The predicted molar refractivity (Wildman–Crippen MR) is 177 cm³/mol. The monoisotopic (exact) mass is 654 g/mol. The molecule has 9 nitrogen and oxygen atoms in total. The lowest BCUT2D eigenvalue weighted by Crippen LogP contribution is -2.19. The molecule has 0 aliphatic heterocycles. The van der Waals surface area contributed by atoms with Crippen molar-refractivity contribution in [3.05, 3.63) is 79.8 Å². The number of pyridine rings is 2. The molecule has 0 saturated heterocycles. The summed E-state index contributed by atoms with van der Waals surface area (Å²) in [5.41, 5.74) is 5.94. The number of nitrogens with two attached hydrogens (primary N) is 1. The van der Waals surface area contributed by atoms with Gasteiger partial charge in [0.15, 0.2) is 0 Å². The van der Waals surface area contributed by atoms with Crippen LogP contribution in [0.5, 0.6) is 11.5 Å². The molecule has 2 aliphatic rings. The van der Waals surface area contributed by atoms with E-state index in [0.717, 1.165) is 24.0 Å². The molecule has 3 heterocycles. The minimum absolute atomic E-state index is 0.228. The number of fused-ring (bicyclic) bond motifs is 3. The predicted octanol–water partition coefficient (Wildman–Crippen LogP) is 7.86. The number of aromatic nitrogens is 4. The maximum Gasteiger partial charge on any atom is 0.259 e. The topological polar surface area (TPSA) is 120 Å². The molecule has 0 amide bonds. The van der Waals surface area contributed by atoms with Gasteiger partial charge in [0.1, 0.15) is 27.7 Å². The molecule has 0 atom stereocenters. The Bertz CT molecular complexity index is 1870. The first kappa shape index (κ1) is 30.5. The number of benzene rings is 2. The van der Waals surface area contributed by atoms with E-state index in [1.165, 1.54) is 38.5 Å². The van der Waals surface area contributed by atoms with Crippen LogP contribution in [-0.2, 0) is 0 Å². The van der Waals surface area contributed by atoms with Gasteiger partial charge in [-0.25, -0.2) is 9.67 Å². The van der Waals surface area contributed by atoms with Crippen molar-refractivity contribution in [2.45, 2.75) is 45.4 Å². The zero-order valence-electron chi connectivity index (χ0n) is 24.2. The lowest BCUT2D eigenvalue weighted by Gasteiger charge is -2.25. The van der Waals surface area contributed by atoms with E-state index in [1.807, 2.05) is 24.3 Å². The van der Waals surface area contributed by atoms with E-state index >= 15 is 0 Å². The maximum atomic E-state index is 12.7. The second-order valence-electron chi connectivity index (χ2n) is 11.3. The molecule has 2 aliphatic carbocycles. The summed E-state index contributed by atoms with van der Waals surface area (Å²) in [5.74, 6) is 8.21. The maximum absolute atomic E-state index is 12.7. The van der Waals surface area contributed by atoms with Crippen LogP contribution in [0.25, 0.3) is 27.6 Å². The number of nitrogens with zero attached hydrogens (tertiary/aromatic N) is 3. The highest BCUT2D eigenvalue weighted by Gasteiger charge is 2.21. The Morgan fingerprint density at radius 3 is 2.18 bits per heavy atom. The Hall–Kier alpha value is -3.50. The van der Waals surface area contributed by atoms with Gasteiger partial charge in [0.2, 0.25) is 0 Å². The van der Waals surface area contributed by atoms with E-state index < -0.39 is 0 Å². The van der Waals surface area contributed by atoms with Crippen LogP contribution in [0, 0.1) is 18.8 Å². The molecule has 0 unspecified atom stereocenters. The summed E-state index contributed by atoms with van der Waals surface area (Å²) < 4.78 is 13.3. The van der Waals surface area contributed by atoms with Gasteiger partial charge in [-0.15, -0.1) is 0 Å². The van der Waals surface area contributed by atoms with Gasteiger partial charge in [0, 0.05) is 12.1 Å². The SMILES string of the molecule is Cc1nn(-c2cc(OCC3CCC3)ccc2Cl)c2c1c(=O)[nH]c1ccc(Cl)nc12.NNc1cc(OCC2CCC2)ccc1Cl. The minimum atomic E-state index is -0.228. The Morgan fingerprint density at radius 2 is 1.57 bits per heavy atom. The van der Waals surface area contributed by atoms with E-state index in [4.69, 9.17) is 50.1 Å². The van der Waals surface area contributed by atoms with Crippen molar-refractivity contribution in [1.82, 2.24) is 19.7 Å². The summed E-state index contributed by atoms with van der Waals surface area (Å²) in [4.78, 5) is 20.0. The van der Waals surface area contributed by atoms with E-state index in [2.05, 4.69) is 20.5 Å². The van der Waals surface area contributed by atoms with E-state index in [0.29, 0.717) is 66.7 Å². The summed E-state index contributed by atoms with van der Waals surface area (Å²) in [7, 11) is 0. The second-order valence-corrected chi connectivity index (χ2v) is 12.5. The standard InChI is InChI=1S/C21H18Cl2N4O2.C11H15ClN2O/c1-11-18-20(19-15(24-21(18)28)7-8-17(23)25-19)27(26-11)16-9-13(5-6-14(16)22)29-10-12-3-2-4-12;12-10-5-4-9(6-11(10)14-13)15-7-8-2-1-3-8/h5-9,12H,2-4,10H2,1H3,(H,24,28);4-6,8,14H,1-3,7,13H2. The summed E-state index contributed by atoms with van der Waals surface area (Å²) in [6.07, 6.45) is 7.61. The first-order valence-electron chi connectivity index (χ1n) is 14.7. The van der Waals surface area contributed by atoms with Gasteiger partial charge in [-0.3, -0.25) is 10.6 Å². The number of hydrogen-bond acceptors (Lipinski definition) is 7. The zero-order valence-corrected chi connectivity index (χ0v) is 26.5. The Labute approximate surface area is 269 Å². The van der Waals surface area contributed by atoms with Crippen molar-refractivity contribution < 1.29 is 9.47 Å². The molecule has 2 fully saturated rings. The van der Waals surface area contributed by atoms with Crippen LogP contribution >= 0.6 is 34.8 Å². The highest BCUT2D eigenvalue weighted by Crippen LogP contribution is 2.33. The fraction of sp³-hybridized carbons (Fsp3) is 0.344. The Balaban J connectivity index is 0.000000193. The molecule has 3 aromatic heterocycles. The molecule has 0 radical (unpaired) electrons. The lowest BCUT2D eigenvalue weighted by molar-refractivity contribution is 0.180. The van der Waals surface area contributed by atoms with E-state index in [-0.39, 0.29) is 5.56 Å². The van der Waals surface area contributed by atoms with Crippen LogP contribution < -0.4 is 26.3 Å². The minimum Gasteiger partial charge on any atom is -0.493 e. The van der Waals surface area contributed by atoms with Crippen LogP contribution in [0.15, 0.2) is 53.3 Å². The number of nitrogens with one attached hydrogen (secondary N) is 2. The molecule has 0 bridgehead atoms. The molecule has 230 valence electrons. The van der Waals surface area contributed by atoms with Crippen LogP contribution in [-0.4, -0.2) is 33.0 Å². The molecule has 12 heteroatoms. The van der Waals surface area contributed by atoms with Crippen molar-refractivity contribution in [2.24, 2.45) is 17.7 Å². The fourth-order valence-corrected chi connectivity index (χ4v) is 5.81. The fourth-order valence-electron chi connectivity index (χ4n) is 5.29. The summed E-state index contributed by atoms with van der Waals surface area (Å²) >= 11 is 18.5. The number of aromatic amines is 1. The number of ether oxygens (including phenoxy) is 2. The van der Waals surface area contributed by atoms with Crippen LogP contribution in [0.3, 0.4) is 0 Å². The van der Waals surface area contributed by atoms with Gasteiger partial charge < -0.3 is 19.9 Å². The van der Waals surface area contributed by atoms with E-state index in [9.17, 15) is 4.79 Å². The number of halogens is 3. The van der Waals surface area contributed by atoms with Gasteiger partial charge in [0.05, 0.1) is 51.2 Å². The van der Waals surface area contributed by atoms with Gasteiger partial charge in [-0.2, -0.15) is 5.10 Å². The van der Waals surface area contributed by atoms with Crippen molar-refractivity contribution in [1.29, 1.82) is 0 Å². The summed E-state index contributed by atoms with van der Waals surface area (Å²) in [6.45, 7) is 3.28. The van der Waals surface area contributed by atoms with Crippen molar-refractivity contribution in [3.63, 3.8) is 0 Å². The zero-order chi connectivity index (χ0) is 30.8. The van der Waals surface area contributed by atoms with Crippen molar-refractivity contribution >= 4 is 62.4 Å². The summed E-state index contributed by atoms with van der Waals surface area (Å²) in [6, 6.07) is 14.3. The molecule has 7 rings (SSSR count). The van der Waals surface area contributed by atoms with Gasteiger partial charge in [0.25, 0.3) is 5.56 Å². The van der Waals surface area contributed by atoms with Crippen LogP contribution in [0.1, 0.15) is 44.2 Å². The number of rotatable bonds is 8. The van der Waals surface area contributed by atoms with E-state index in [1.54, 1.807) is 35.9 Å². The molecule has 2 saturated carbocycles. The van der Waals surface area contributed by atoms with Crippen LogP contribution in [0.2, 0.25) is 15.2 Å². The van der Waals surface area contributed by atoms with Crippen molar-refractivity contribution in [3.8, 4) is 17.2 Å². The number of aryl methyl sites for hydroxylation is 1. The van der Waals surface area contributed by atoms with Crippen LogP contribution in [0.4, 0.5) is 5.69 Å². The molecule has 0 spiro atoms. The average molecular weight is 656 g/mol. The van der Waals surface area contributed by atoms with Crippen molar-refractivity contribution in [2.75, 3.05) is 18.6 Å². The quantitative estimate of drug-likeness (QED) is 0.0884. The normalized spacial score (nSPS) is 14.9. The highest BCUT2D eigenvalue weighted by atomic mass is 35.5. The number of nitrogen functional groups attached to an aromatic ring is 1. The van der Waals surface area contributed by atoms with Gasteiger partial charge in [-0.1, -0.05) is 47.6 Å². The summed E-state index contributed by atoms with van der Waals surface area (Å²) in [5, 5.41) is 6.50. The molecule has 5 aromatic rings. The first-order valence-corrected chi connectivity index (χ1v) is 15.8. The number of H-pyrrole nitrogens is 1. The third kappa shape index (κ3) is 6.47. The lowest BCUT2D eigenvalue weighted by atomic mass is 9.86. The number of hydrazine groups is 1. The largest absolute Gasteiger partial charge is 0.493 e. The van der Waals surface area contributed by atoms with Gasteiger partial charge >= 0.3 is 0 Å². The highest BCUT2D eigenvalue weighted by molar-refractivity contribution is 6.33. The second kappa shape index (κ2) is 13.2. The Morgan fingerprint density at radius 1 is 0.932 bits per heavy atom. The first-order chi connectivity index (χ1) is 21.3. The van der Waals surface area contributed by atoms with Gasteiger partial charge in [-0.05, 0) is 80.8 Å². The third-order valence-electron chi connectivity index (χ3n) is 8.28. The molecular formula is C32H33Cl3N6O3. The molecule has 4 N–H and O–H groups in total. The molecular weight excluding hydrogens is 623 g/mol. The number of hydrogen-bond donors (Lipinski definition) is 3. The number of anilines is 1. The average Bonchev–Trinajstić information content (AvgIpc) is 3.31. The molecule has 44 heavy (non-hydrogen) atoms. The Kier molecular flexibility index (Phi) is 9.18. The smallest absolute Gasteiger partial charge is 0.259 e. The molecule has 2 aromatic carbocycles.